The molecule has 2 heterocycles. The Balaban J connectivity index is 1.61. The van der Waals surface area contributed by atoms with Gasteiger partial charge in [0.1, 0.15) is 29.6 Å². The number of pyridine rings is 1. The van der Waals surface area contributed by atoms with Crippen LogP contribution < -0.4 is 19.3 Å². The standard InChI is InChI=1S/C28H20BrFN4O6S/c1-38-20-5-2-18(3-6-20)17-33(27-10-12-40-32-27)41(36,37)21-7-8-24-19(14-21)4-9-28(35)34(24)25-16-23(30)22(29)15-26(25)39-13-11-31/h2-10,12,14-16H,13,17H2,1H3. The Kier molecular flexibility index (Phi) is 7.78. The first-order chi connectivity index (χ1) is 19.7. The number of halogens is 2. The van der Waals surface area contributed by atoms with Gasteiger partial charge in [-0.2, -0.15) is 5.26 Å². The molecule has 10 nitrogen and oxygen atoms in total. The first-order valence-electron chi connectivity index (χ1n) is 11.9. The van der Waals surface area contributed by atoms with Gasteiger partial charge >= 0.3 is 0 Å². The SMILES string of the molecule is COc1ccc(CN(c2ccon2)S(=O)(=O)c2ccc3c(ccc(=O)n3-c3cc(F)c(Br)cc3OCC#N)c2)cc1. The molecule has 5 aromatic rings. The maximum Gasteiger partial charge on any atom is 0.265 e. The third-order valence-electron chi connectivity index (χ3n) is 6.15. The zero-order valence-corrected chi connectivity index (χ0v) is 23.7. The van der Waals surface area contributed by atoms with Gasteiger partial charge in [0.2, 0.25) is 0 Å². The van der Waals surface area contributed by atoms with Crippen LogP contribution in [0.1, 0.15) is 5.56 Å². The van der Waals surface area contributed by atoms with Gasteiger partial charge < -0.3 is 14.0 Å². The molecule has 41 heavy (non-hydrogen) atoms. The number of hydrogen-bond acceptors (Lipinski definition) is 8. The summed E-state index contributed by atoms with van der Waals surface area (Å²) in [6, 6.07) is 19.5. The second-order valence-corrected chi connectivity index (χ2v) is 11.3. The number of nitrogens with zero attached hydrogens (tertiary/aromatic N) is 4. The van der Waals surface area contributed by atoms with E-state index in [9.17, 15) is 17.6 Å². The van der Waals surface area contributed by atoms with Crippen LogP contribution >= 0.6 is 15.9 Å². The molecule has 2 aromatic heterocycles. The second kappa shape index (κ2) is 11.4. The van der Waals surface area contributed by atoms with E-state index in [2.05, 4.69) is 21.1 Å². The Bertz CT molecular complexity index is 1940. The molecule has 0 aliphatic heterocycles. The maximum atomic E-state index is 14.6. The Labute approximate surface area is 241 Å². The highest BCUT2D eigenvalue weighted by Crippen LogP contribution is 2.32. The summed E-state index contributed by atoms with van der Waals surface area (Å²) in [6.45, 7) is -0.382. The molecule has 5 rings (SSSR count). The minimum atomic E-state index is -4.18. The fourth-order valence-electron chi connectivity index (χ4n) is 4.20. The lowest BCUT2D eigenvalue weighted by atomic mass is 10.2. The molecule has 0 amide bonds. The Hall–Kier alpha value is -4.67. The van der Waals surface area contributed by atoms with Gasteiger partial charge in [0.25, 0.3) is 15.6 Å². The summed E-state index contributed by atoms with van der Waals surface area (Å²) in [5.74, 6) is 0.129. The summed E-state index contributed by atoms with van der Waals surface area (Å²) in [5, 5.41) is 13.2. The van der Waals surface area contributed by atoms with Crippen LogP contribution in [0.5, 0.6) is 11.5 Å². The van der Waals surface area contributed by atoms with Crippen molar-refractivity contribution in [1.29, 1.82) is 5.26 Å². The molecular weight excluding hydrogens is 619 g/mol. The molecule has 3 aromatic carbocycles. The lowest BCUT2D eigenvalue weighted by Gasteiger charge is -2.22. The minimum absolute atomic E-state index is 0.0475. The Morgan fingerprint density at radius 2 is 1.88 bits per heavy atom. The fraction of sp³-hybridized carbons (Fsp3) is 0.107. The molecule has 0 aliphatic rings. The molecule has 0 aliphatic carbocycles. The van der Waals surface area contributed by atoms with Gasteiger partial charge in [-0.1, -0.05) is 17.3 Å². The van der Waals surface area contributed by atoms with Crippen LogP contribution in [0.2, 0.25) is 0 Å². The third-order valence-corrected chi connectivity index (χ3v) is 8.51. The van der Waals surface area contributed by atoms with E-state index in [1.54, 1.807) is 24.3 Å². The first kappa shape index (κ1) is 27.9. The summed E-state index contributed by atoms with van der Waals surface area (Å²) in [5.41, 5.74) is 0.508. The Morgan fingerprint density at radius 3 is 2.56 bits per heavy atom. The molecule has 0 fully saturated rings. The van der Waals surface area contributed by atoms with Crippen molar-refractivity contribution in [1.82, 2.24) is 9.72 Å². The average Bonchev–Trinajstić information content (AvgIpc) is 3.51. The lowest BCUT2D eigenvalue weighted by Crippen LogP contribution is -2.31. The van der Waals surface area contributed by atoms with Crippen molar-refractivity contribution >= 4 is 42.7 Å². The molecule has 0 bridgehead atoms. The van der Waals surface area contributed by atoms with Gasteiger partial charge in [-0.15, -0.1) is 0 Å². The number of rotatable bonds is 9. The van der Waals surface area contributed by atoms with Crippen LogP contribution in [0.4, 0.5) is 10.2 Å². The normalized spacial score (nSPS) is 11.3. The highest BCUT2D eigenvalue weighted by atomic mass is 79.9. The summed E-state index contributed by atoms with van der Waals surface area (Å²) >= 11 is 3.09. The van der Waals surface area contributed by atoms with Crippen molar-refractivity contribution in [2.24, 2.45) is 0 Å². The Morgan fingerprint density at radius 1 is 1.10 bits per heavy atom. The maximum absolute atomic E-state index is 14.6. The van der Waals surface area contributed by atoms with Gasteiger partial charge in [0.05, 0.1) is 34.2 Å². The van der Waals surface area contributed by atoms with Gasteiger partial charge in [0, 0.05) is 23.6 Å². The topological polar surface area (TPSA) is 128 Å². The van der Waals surface area contributed by atoms with Crippen LogP contribution in [0.3, 0.4) is 0 Å². The van der Waals surface area contributed by atoms with E-state index in [0.29, 0.717) is 22.2 Å². The molecule has 13 heteroatoms. The zero-order valence-electron chi connectivity index (χ0n) is 21.3. The van der Waals surface area contributed by atoms with Gasteiger partial charge in [0.15, 0.2) is 12.4 Å². The molecule has 0 radical (unpaired) electrons. The predicted molar refractivity (Wildman–Crippen MR) is 151 cm³/mol. The van der Waals surface area contributed by atoms with Gasteiger partial charge in [-0.3, -0.25) is 9.36 Å². The number of fused-ring (bicyclic) bond motifs is 1. The molecule has 0 unspecified atom stereocenters. The van der Waals surface area contributed by atoms with Crippen LogP contribution in [0.25, 0.3) is 16.6 Å². The lowest BCUT2D eigenvalue weighted by molar-refractivity contribution is 0.365. The zero-order chi connectivity index (χ0) is 29.1. The van der Waals surface area contributed by atoms with Crippen molar-refractivity contribution in [3.05, 3.63) is 105 Å². The summed E-state index contributed by atoms with van der Waals surface area (Å²) in [6.07, 6.45) is 1.27. The highest BCUT2D eigenvalue weighted by Gasteiger charge is 2.28. The van der Waals surface area contributed by atoms with Crippen molar-refractivity contribution in [3.8, 4) is 23.3 Å². The van der Waals surface area contributed by atoms with Crippen molar-refractivity contribution < 1.29 is 26.8 Å². The molecule has 0 saturated heterocycles. The fourth-order valence-corrected chi connectivity index (χ4v) is 5.95. The number of aromatic nitrogens is 2. The van der Waals surface area contributed by atoms with Crippen LogP contribution in [0.15, 0.2) is 97.7 Å². The molecule has 208 valence electrons. The highest BCUT2D eigenvalue weighted by molar-refractivity contribution is 9.10. The van der Waals surface area contributed by atoms with Crippen molar-refractivity contribution in [3.63, 3.8) is 0 Å². The predicted octanol–water partition coefficient (Wildman–Crippen LogP) is 5.19. The van der Waals surface area contributed by atoms with Crippen LogP contribution in [-0.4, -0.2) is 31.9 Å². The second-order valence-electron chi connectivity index (χ2n) is 8.63. The van der Waals surface area contributed by atoms with E-state index < -0.39 is 21.4 Å². The number of ether oxygens (including phenoxy) is 2. The van der Waals surface area contributed by atoms with Crippen molar-refractivity contribution in [2.75, 3.05) is 18.0 Å². The van der Waals surface area contributed by atoms with E-state index in [1.165, 1.54) is 60.4 Å². The van der Waals surface area contributed by atoms with E-state index >= 15 is 0 Å². The minimum Gasteiger partial charge on any atom is -0.497 e. The summed E-state index contributed by atoms with van der Waals surface area (Å²) < 4.78 is 60.4. The molecular formula is C28H20BrFN4O6S. The molecule has 0 atom stereocenters. The van der Waals surface area contributed by atoms with E-state index in [4.69, 9.17) is 19.3 Å². The number of benzene rings is 3. The van der Waals surface area contributed by atoms with E-state index in [0.717, 1.165) is 10.4 Å². The first-order valence-corrected chi connectivity index (χ1v) is 14.2. The summed E-state index contributed by atoms with van der Waals surface area (Å²) in [7, 11) is -2.65. The number of sulfonamides is 1. The number of methoxy groups -OCH3 is 1. The molecule has 0 saturated carbocycles. The monoisotopic (exact) mass is 638 g/mol. The molecule has 0 spiro atoms. The van der Waals surface area contributed by atoms with Gasteiger partial charge in [-0.05, 0) is 64.0 Å². The number of anilines is 1. The average molecular weight is 639 g/mol. The smallest absolute Gasteiger partial charge is 0.265 e. The number of nitriles is 1. The van der Waals surface area contributed by atoms with E-state index in [-0.39, 0.29) is 39.8 Å². The van der Waals surface area contributed by atoms with Crippen LogP contribution in [-0.2, 0) is 16.6 Å². The van der Waals surface area contributed by atoms with Crippen LogP contribution in [0, 0.1) is 17.1 Å². The van der Waals surface area contributed by atoms with E-state index in [1.807, 2.05) is 6.07 Å². The summed E-state index contributed by atoms with van der Waals surface area (Å²) in [4.78, 5) is 12.9. The molecule has 0 N–H and O–H groups in total. The van der Waals surface area contributed by atoms with Crippen molar-refractivity contribution in [2.45, 2.75) is 11.4 Å². The van der Waals surface area contributed by atoms with Gasteiger partial charge in [-0.25, -0.2) is 17.1 Å². The third kappa shape index (κ3) is 5.52. The number of hydrogen-bond donors (Lipinski definition) is 0. The largest absolute Gasteiger partial charge is 0.497 e. The quantitative estimate of drug-likeness (QED) is 0.216.